The lowest BCUT2D eigenvalue weighted by atomic mass is 10.1. The van der Waals surface area contributed by atoms with Gasteiger partial charge in [-0.25, -0.2) is 0 Å². The second-order valence-electron chi connectivity index (χ2n) is 7.93. The van der Waals surface area contributed by atoms with Crippen LogP contribution in [-0.4, -0.2) is 46.1 Å². The molecule has 4 rings (SSSR count). The minimum Gasteiger partial charge on any atom is -0.351 e. The summed E-state index contributed by atoms with van der Waals surface area (Å²) in [7, 11) is 0. The molecule has 2 aliphatic rings. The number of amidine groups is 1. The van der Waals surface area contributed by atoms with Gasteiger partial charge in [0.25, 0.3) is 11.8 Å². The third-order valence-corrected chi connectivity index (χ3v) is 7.72. The molecule has 9 heteroatoms. The number of thiophene rings is 1. The molecule has 32 heavy (non-hydrogen) atoms. The number of benzene rings is 1. The van der Waals surface area contributed by atoms with Crippen LogP contribution in [0.2, 0.25) is 0 Å². The topological polar surface area (TPSA) is 90.9 Å². The molecule has 0 unspecified atom stereocenters. The number of rotatable bonds is 6. The lowest BCUT2D eigenvalue weighted by Crippen LogP contribution is -2.33. The van der Waals surface area contributed by atoms with Gasteiger partial charge < -0.3 is 15.5 Å². The van der Waals surface area contributed by atoms with Crippen LogP contribution in [0.4, 0.5) is 5.69 Å². The molecule has 1 aromatic carbocycles. The van der Waals surface area contributed by atoms with Gasteiger partial charge in [0.15, 0.2) is 5.17 Å². The Morgan fingerprint density at radius 3 is 2.75 bits per heavy atom. The van der Waals surface area contributed by atoms with Crippen molar-refractivity contribution in [1.82, 2.24) is 10.2 Å². The number of carbonyl (C=O) groups is 3. The van der Waals surface area contributed by atoms with Crippen LogP contribution in [0, 0.1) is 0 Å². The van der Waals surface area contributed by atoms with Gasteiger partial charge in [-0.05, 0) is 55.8 Å². The van der Waals surface area contributed by atoms with Gasteiger partial charge in [-0.3, -0.25) is 14.4 Å². The van der Waals surface area contributed by atoms with Gasteiger partial charge in [0.05, 0.1) is 6.04 Å². The molecule has 168 valence electrons. The highest BCUT2D eigenvalue weighted by atomic mass is 32.2. The van der Waals surface area contributed by atoms with Crippen LogP contribution in [0.25, 0.3) is 0 Å². The van der Waals surface area contributed by atoms with E-state index in [-0.39, 0.29) is 30.2 Å². The molecule has 0 aliphatic carbocycles. The van der Waals surface area contributed by atoms with Crippen LogP contribution in [0.15, 0.2) is 46.8 Å². The normalized spacial score (nSPS) is 19.4. The van der Waals surface area contributed by atoms with Gasteiger partial charge >= 0.3 is 0 Å². The quantitative estimate of drug-likeness (QED) is 0.665. The number of amides is 3. The number of nitrogens with one attached hydrogen (secondary N) is 2. The van der Waals surface area contributed by atoms with Crippen LogP contribution >= 0.6 is 23.1 Å². The first-order valence-corrected chi connectivity index (χ1v) is 12.5. The van der Waals surface area contributed by atoms with E-state index >= 15 is 0 Å². The van der Waals surface area contributed by atoms with Crippen LogP contribution in [0.5, 0.6) is 0 Å². The molecule has 0 bridgehead atoms. The summed E-state index contributed by atoms with van der Waals surface area (Å²) >= 11 is 2.97. The highest BCUT2D eigenvalue weighted by Crippen LogP contribution is 2.29. The molecule has 2 N–H and O–H groups in total. The molecular formula is C23H26N4O3S2. The predicted octanol–water partition coefficient (Wildman–Crippen LogP) is 4.05. The molecule has 2 aliphatic heterocycles. The Hall–Kier alpha value is -2.65. The zero-order chi connectivity index (χ0) is 22.5. The summed E-state index contributed by atoms with van der Waals surface area (Å²) in [6.07, 6.45) is 3.47. The fourth-order valence-electron chi connectivity index (χ4n) is 3.74. The molecular weight excluding hydrogens is 444 g/mol. The zero-order valence-electron chi connectivity index (χ0n) is 17.9. The number of likely N-dealkylation sites (tertiary alicyclic amines) is 1. The van der Waals surface area contributed by atoms with E-state index in [2.05, 4.69) is 20.5 Å². The van der Waals surface area contributed by atoms with Crippen molar-refractivity contribution in [3.8, 4) is 0 Å². The van der Waals surface area contributed by atoms with Crippen molar-refractivity contribution in [1.29, 1.82) is 0 Å². The Bertz CT molecular complexity index is 1020. The van der Waals surface area contributed by atoms with Crippen molar-refractivity contribution in [2.75, 3.05) is 18.4 Å². The number of aliphatic imine (C=N–C) groups is 1. The Morgan fingerprint density at radius 1 is 1.19 bits per heavy atom. The van der Waals surface area contributed by atoms with Crippen molar-refractivity contribution in [2.45, 2.75) is 43.9 Å². The minimum atomic E-state index is -0.495. The molecule has 0 saturated carbocycles. The fraction of sp³-hybridized carbons (Fsp3) is 0.391. The van der Waals surface area contributed by atoms with Crippen LogP contribution in [-0.2, 0) is 9.59 Å². The van der Waals surface area contributed by atoms with Crippen LogP contribution in [0.3, 0.4) is 0 Å². The average Bonchev–Trinajstić information content (AvgIpc) is 3.45. The Morgan fingerprint density at radius 2 is 2.00 bits per heavy atom. The van der Waals surface area contributed by atoms with Crippen molar-refractivity contribution >= 4 is 51.7 Å². The van der Waals surface area contributed by atoms with E-state index in [1.807, 2.05) is 24.4 Å². The van der Waals surface area contributed by atoms with Crippen molar-refractivity contribution in [3.05, 3.63) is 52.2 Å². The van der Waals surface area contributed by atoms with Gasteiger partial charge in [-0.15, -0.1) is 11.3 Å². The number of hydrogen-bond donors (Lipinski definition) is 2. The number of nitrogens with zero attached hydrogens (tertiary/aromatic N) is 2. The largest absolute Gasteiger partial charge is 0.351 e. The van der Waals surface area contributed by atoms with Gasteiger partial charge in [-0.1, -0.05) is 23.9 Å². The SMILES string of the molecule is C[C@@H](NC(=O)c1cccc(NC(=O)C[C@H]2SC(N3CCCCC3)=NC2=O)c1)c1cccs1. The first-order valence-electron chi connectivity index (χ1n) is 10.8. The maximum Gasteiger partial charge on any atom is 0.262 e. The van der Waals surface area contributed by atoms with Crippen molar-refractivity contribution in [3.63, 3.8) is 0 Å². The molecule has 1 aromatic heterocycles. The average molecular weight is 471 g/mol. The fourth-order valence-corrected chi connectivity index (χ4v) is 5.59. The highest BCUT2D eigenvalue weighted by Gasteiger charge is 2.33. The Labute approximate surface area is 195 Å². The summed E-state index contributed by atoms with van der Waals surface area (Å²) in [6, 6.07) is 10.7. The van der Waals surface area contributed by atoms with E-state index in [0.29, 0.717) is 11.3 Å². The van der Waals surface area contributed by atoms with Crippen molar-refractivity contribution in [2.24, 2.45) is 4.99 Å². The molecule has 0 radical (unpaired) electrons. The smallest absolute Gasteiger partial charge is 0.262 e. The van der Waals surface area contributed by atoms with E-state index in [9.17, 15) is 14.4 Å². The van der Waals surface area contributed by atoms with E-state index in [4.69, 9.17) is 0 Å². The highest BCUT2D eigenvalue weighted by molar-refractivity contribution is 8.15. The molecule has 1 fully saturated rings. The van der Waals surface area contributed by atoms with Gasteiger partial charge in [0.2, 0.25) is 5.91 Å². The number of piperidine rings is 1. The number of anilines is 1. The second-order valence-corrected chi connectivity index (χ2v) is 10.1. The summed E-state index contributed by atoms with van der Waals surface area (Å²) in [4.78, 5) is 44.9. The standard InChI is InChI=1S/C23H26N4O3S2/c1-15(18-9-6-12-31-18)24-21(29)16-7-5-8-17(13-16)25-20(28)14-19-22(30)26-23(32-19)27-10-3-2-4-11-27/h5-9,12-13,15,19H,2-4,10-11,14H2,1H3,(H,24,29)(H,25,28)/t15-,19-/m1/s1. The maximum absolute atomic E-state index is 12.6. The van der Waals surface area contributed by atoms with E-state index in [1.165, 1.54) is 18.2 Å². The molecule has 2 aromatic rings. The summed E-state index contributed by atoms with van der Waals surface area (Å²) < 4.78 is 0. The first kappa shape index (κ1) is 22.5. The third kappa shape index (κ3) is 5.58. The van der Waals surface area contributed by atoms with Gasteiger partial charge in [0.1, 0.15) is 5.25 Å². The maximum atomic E-state index is 12.6. The zero-order valence-corrected chi connectivity index (χ0v) is 19.5. The molecule has 3 heterocycles. The molecule has 2 atom stereocenters. The summed E-state index contributed by atoms with van der Waals surface area (Å²) in [5.41, 5.74) is 0.993. The monoisotopic (exact) mass is 470 g/mol. The number of hydrogen-bond acceptors (Lipinski definition) is 6. The van der Waals surface area contributed by atoms with E-state index < -0.39 is 5.25 Å². The number of thioether (sulfide) groups is 1. The molecule has 3 amide bonds. The number of carbonyl (C=O) groups excluding carboxylic acids is 3. The van der Waals surface area contributed by atoms with E-state index in [0.717, 1.165) is 36.0 Å². The summed E-state index contributed by atoms with van der Waals surface area (Å²) in [5, 5.41) is 8.00. The van der Waals surface area contributed by atoms with Crippen LogP contribution in [0.1, 0.15) is 53.9 Å². The predicted molar refractivity (Wildman–Crippen MR) is 129 cm³/mol. The Balaban J connectivity index is 1.31. The van der Waals surface area contributed by atoms with Gasteiger partial charge in [0, 0.05) is 35.6 Å². The Kier molecular flexibility index (Phi) is 7.26. The molecule has 0 spiro atoms. The van der Waals surface area contributed by atoms with Crippen molar-refractivity contribution < 1.29 is 14.4 Å². The third-order valence-electron chi connectivity index (χ3n) is 5.45. The lowest BCUT2D eigenvalue weighted by molar-refractivity contribution is -0.121. The summed E-state index contributed by atoms with van der Waals surface area (Å²) in [5.74, 6) is -0.722. The minimum absolute atomic E-state index is 0.0518. The van der Waals surface area contributed by atoms with E-state index in [1.54, 1.807) is 35.6 Å². The second kappa shape index (κ2) is 10.3. The molecule has 7 nitrogen and oxygen atoms in total. The van der Waals surface area contributed by atoms with Crippen LogP contribution < -0.4 is 10.6 Å². The lowest BCUT2D eigenvalue weighted by Gasteiger charge is -2.27. The van der Waals surface area contributed by atoms with Gasteiger partial charge in [-0.2, -0.15) is 4.99 Å². The first-order chi connectivity index (χ1) is 15.5. The molecule has 1 saturated heterocycles. The summed E-state index contributed by atoms with van der Waals surface area (Å²) in [6.45, 7) is 3.77.